The van der Waals surface area contributed by atoms with Crippen molar-refractivity contribution in [2.75, 3.05) is 26.8 Å². The average Bonchev–Trinajstić information content (AvgIpc) is 3.28. The van der Waals surface area contributed by atoms with Crippen LogP contribution in [0.3, 0.4) is 0 Å². The van der Waals surface area contributed by atoms with Crippen molar-refractivity contribution < 1.29 is 19.4 Å². The Morgan fingerprint density at radius 1 is 0.927 bits per heavy atom. The molecule has 1 heterocycles. The number of nitrogens with zero attached hydrogens (tertiary/aromatic N) is 1. The van der Waals surface area contributed by atoms with Crippen molar-refractivity contribution in [3.05, 3.63) is 71.3 Å². The molecule has 1 saturated heterocycles. The Morgan fingerprint density at radius 2 is 1.61 bits per heavy atom. The predicted octanol–water partition coefficient (Wildman–Crippen LogP) is 7.24. The minimum absolute atomic E-state index is 0.171. The smallest absolute Gasteiger partial charge is 0.303 e. The number of hydrogen-bond donors (Lipinski definition) is 2. The molecule has 41 heavy (non-hydrogen) atoms. The zero-order valence-corrected chi connectivity index (χ0v) is 25.3. The van der Waals surface area contributed by atoms with E-state index in [0.29, 0.717) is 31.6 Å². The summed E-state index contributed by atoms with van der Waals surface area (Å²) in [4.78, 5) is 13.4. The molecule has 4 rings (SSSR count). The van der Waals surface area contributed by atoms with Gasteiger partial charge in [0.1, 0.15) is 11.5 Å². The number of carboxylic acids is 1. The van der Waals surface area contributed by atoms with Crippen LogP contribution >= 0.6 is 0 Å². The summed E-state index contributed by atoms with van der Waals surface area (Å²) < 4.78 is 12.0. The zero-order chi connectivity index (χ0) is 29.4. The first-order chi connectivity index (χ1) is 19.8. The van der Waals surface area contributed by atoms with Crippen LogP contribution in [0.15, 0.2) is 54.6 Å². The van der Waals surface area contributed by atoms with E-state index in [-0.39, 0.29) is 6.42 Å². The number of hydrogen-bond acceptors (Lipinski definition) is 5. The second kappa shape index (κ2) is 14.5. The summed E-state index contributed by atoms with van der Waals surface area (Å²) in [5, 5.41) is 12.2. The third-order valence-electron chi connectivity index (χ3n) is 8.52. The van der Waals surface area contributed by atoms with Gasteiger partial charge in [-0.2, -0.15) is 0 Å². The van der Waals surface area contributed by atoms with Gasteiger partial charge in [0.15, 0.2) is 0 Å². The predicted molar refractivity (Wildman–Crippen MR) is 167 cm³/mol. The third-order valence-corrected chi connectivity index (χ3v) is 8.52. The van der Waals surface area contributed by atoms with Gasteiger partial charge in [-0.3, -0.25) is 9.69 Å². The van der Waals surface area contributed by atoms with Crippen LogP contribution in [0.2, 0.25) is 0 Å². The summed E-state index contributed by atoms with van der Waals surface area (Å²) >= 11 is 0. The molecule has 3 aromatic carbocycles. The second-order valence-electron chi connectivity index (χ2n) is 11.3. The van der Waals surface area contributed by atoms with E-state index in [4.69, 9.17) is 14.6 Å². The van der Waals surface area contributed by atoms with Crippen molar-refractivity contribution in [1.82, 2.24) is 10.2 Å². The van der Waals surface area contributed by atoms with Crippen LogP contribution in [0.5, 0.6) is 11.5 Å². The first-order valence-electron chi connectivity index (χ1n) is 15.0. The molecule has 0 radical (unpaired) electrons. The molecule has 6 nitrogen and oxygen atoms in total. The van der Waals surface area contributed by atoms with Crippen LogP contribution in [-0.4, -0.2) is 54.9 Å². The molecule has 0 amide bonds. The van der Waals surface area contributed by atoms with Crippen molar-refractivity contribution in [3.63, 3.8) is 0 Å². The van der Waals surface area contributed by atoms with Gasteiger partial charge >= 0.3 is 5.97 Å². The lowest BCUT2D eigenvalue weighted by Crippen LogP contribution is -2.34. The lowest BCUT2D eigenvalue weighted by atomic mass is 9.90. The maximum Gasteiger partial charge on any atom is 0.303 e. The van der Waals surface area contributed by atoms with Gasteiger partial charge in [-0.05, 0) is 105 Å². The van der Waals surface area contributed by atoms with Crippen molar-refractivity contribution >= 4 is 5.97 Å². The molecular weight excluding hydrogens is 512 g/mol. The molecule has 1 aliphatic rings. The molecule has 1 aliphatic heterocycles. The topological polar surface area (TPSA) is 71.0 Å². The summed E-state index contributed by atoms with van der Waals surface area (Å²) in [6.45, 7) is 12.1. The van der Waals surface area contributed by atoms with Crippen molar-refractivity contribution in [1.29, 1.82) is 0 Å². The fourth-order valence-electron chi connectivity index (χ4n) is 6.07. The van der Waals surface area contributed by atoms with Gasteiger partial charge in [0.2, 0.25) is 0 Å². The van der Waals surface area contributed by atoms with Crippen LogP contribution in [0.1, 0.15) is 62.6 Å². The lowest BCUT2D eigenvalue weighted by Gasteiger charge is -2.25. The molecule has 2 N–H and O–H groups in total. The molecule has 1 fully saturated rings. The van der Waals surface area contributed by atoms with Gasteiger partial charge < -0.3 is 19.9 Å². The first-order valence-corrected chi connectivity index (χ1v) is 15.0. The zero-order valence-electron chi connectivity index (χ0n) is 25.3. The number of aliphatic carboxylic acids is 1. The first kappa shape index (κ1) is 30.6. The molecule has 0 saturated carbocycles. The van der Waals surface area contributed by atoms with Gasteiger partial charge in [0.05, 0.1) is 13.7 Å². The number of carboxylic acid groups (broad SMARTS) is 1. The quantitative estimate of drug-likeness (QED) is 0.203. The van der Waals surface area contributed by atoms with Crippen molar-refractivity contribution in [2.24, 2.45) is 0 Å². The maximum atomic E-state index is 10.7. The van der Waals surface area contributed by atoms with E-state index in [1.807, 2.05) is 0 Å². The summed E-state index contributed by atoms with van der Waals surface area (Å²) in [5.74, 6) is 1.01. The molecular formula is C35H46N2O4. The molecule has 0 unspecified atom stereocenters. The fraction of sp³-hybridized carbons (Fsp3) is 0.457. The van der Waals surface area contributed by atoms with E-state index in [1.165, 1.54) is 35.1 Å². The molecule has 0 aromatic heterocycles. The van der Waals surface area contributed by atoms with E-state index in [1.54, 1.807) is 7.11 Å². The molecule has 0 spiro atoms. The van der Waals surface area contributed by atoms with Gasteiger partial charge in [-0.1, -0.05) is 42.5 Å². The van der Waals surface area contributed by atoms with E-state index in [0.717, 1.165) is 47.8 Å². The Balaban J connectivity index is 1.46. The highest BCUT2D eigenvalue weighted by molar-refractivity contribution is 5.81. The standard InChI is InChI=1S/C35H46N2O4/c1-24-15-16-25(2)37(24)20-9-21-41-33-13-7-12-32(27(33)4)31-11-6-10-30(26(31)3)28-17-18-29(34(22-28)40-5)23-36-19-8-14-35(38)39/h6-7,10-13,17-18,22,24-25,36H,8-9,14-16,19-21,23H2,1-5H3,(H,38,39)/t24-,25-/m1/s1. The van der Waals surface area contributed by atoms with Crippen LogP contribution in [-0.2, 0) is 11.3 Å². The highest BCUT2D eigenvalue weighted by Gasteiger charge is 2.26. The largest absolute Gasteiger partial charge is 0.496 e. The average molecular weight is 559 g/mol. The van der Waals surface area contributed by atoms with E-state index in [2.05, 4.69) is 92.5 Å². The fourth-order valence-corrected chi connectivity index (χ4v) is 6.07. The van der Waals surface area contributed by atoms with Crippen molar-refractivity contribution in [3.8, 4) is 33.8 Å². The minimum Gasteiger partial charge on any atom is -0.496 e. The van der Waals surface area contributed by atoms with Crippen LogP contribution in [0.25, 0.3) is 22.3 Å². The summed E-state index contributed by atoms with van der Waals surface area (Å²) in [6.07, 6.45) is 4.40. The van der Waals surface area contributed by atoms with Crippen molar-refractivity contribution in [2.45, 2.75) is 78.4 Å². The number of nitrogens with one attached hydrogen (secondary N) is 1. The normalized spacial score (nSPS) is 17.1. The molecule has 6 heteroatoms. The van der Waals surface area contributed by atoms with Crippen LogP contribution in [0, 0.1) is 13.8 Å². The summed E-state index contributed by atoms with van der Waals surface area (Å²) in [5.41, 5.74) is 8.09. The number of likely N-dealkylation sites (tertiary alicyclic amines) is 1. The van der Waals surface area contributed by atoms with E-state index in [9.17, 15) is 4.79 Å². The van der Waals surface area contributed by atoms with Crippen LogP contribution in [0.4, 0.5) is 0 Å². The monoisotopic (exact) mass is 558 g/mol. The number of benzene rings is 3. The maximum absolute atomic E-state index is 10.7. The number of rotatable bonds is 14. The summed E-state index contributed by atoms with van der Waals surface area (Å²) in [6, 6.07) is 20.5. The number of methoxy groups -OCH3 is 1. The highest BCUT2D eigenvalue weighted by atomic mass is 16.5. The molecule has 2 atom stereocenters. The van der Waals surface area contributed by atoms with Gasteiger partial charge in [0, 0.05) is 37.2 Å². The highest BCUT2D eigenvalue weighted by Crippen LogP contribution is 2.37. The molecule has 0 aliphatic carbocycles. The lowest BCUT2D eigenvalue weighted by molar-refractivity contribution is -0.137. The Labute approximate surface area is 245 Å². The Morgan fingerprint density at radius 3 is 2.32 bits per heavy atom. The Bertz CT molecular complexity index is 1310. The molecule has 220 valence electrons. The Hall–Kier alpha value is -3.35. The van der Waals surface area contributed by atoms with Crippen LogP contribution < -0.4 is 14.8 Å². The van der Waals surface area contributed by atoms with Gasteiger partial charge in [-0.15, -0.1) is 0 Å². The van der Waals surface area contributed by atoms with E-state index >= 15 is 0 Å². The number of carbonyl (C=O) groups is 1. The summed E-state index contributed by atoms with van der Waals surface area (Å²) in [7, 11) is 1.69. The Kier molecular flexibility index (Phi) is 10.8. The minimum atomic E-state index is -0.766. The van der Waals surface area contributed by atoms with Gasteiger partial charge in [-0.25, -0.2) is 0 Å². The SMILES string of the molecule is COc1cc(-c2cccc(-c3cccc(OCCCN4[C@H](C)CC[C@H]4C)c3C)c2C)ccc1CNCCCC(=O)O. The van der Waals surface area contributed by atoms with E-state index < -0.39 is 5.97 Å². The second-order valence-corrected chi connectivity index (χ2v) is 11.3. The van der Waals surface area contributed by atoms with Gasteiger partial charge in [0.25, 0.3) is 0 Å². The molecule has 0 bridgehead atoms. The molecule has 3 aromatic rings. The number of ether oxygens (including phenoxy) is 2. The third kappa shape index (κ3) is 7.69.